The number of hydrogen-bond acceptors (Lipinski definition) is 3. The van der Waals surface area contributed by atoms with Gasteiger partial charge in [0.2, 0.25) is 5.88 Å². The summed E-state index contributed by atoms with van der Waals surface area (Å²) in [6, 6.07) is 7.77. The van der Waals surface area contributed by atoms with Crippen LogP contribution in [0.4, 0.5) is 0 Å². The van der Waals surface area contributed by atoms with Crippen LogP contribution in [0.5, 0.6) is 5.88 Å². The molecule has 0 aliphatic rings. The molecule has 104 valence electrons. The van der Waals surface area contributed by atoms with Crippen molar-refractivity contribution in [3.63, 3.8) is 0 Å². The predicted molar refractivity (Wildman–Crippen MR) is 82.1 cm³/mol. The Morgan fingerprint density at radius 2 is 2.05 bits per heavy atom. The smallest absolute Gasteiger partial charge is 0.211 e. The molecule has 0 atom stereocenters. The number of thioether (sulfide) groups is 1. The highest BCUT2D eigenvalue weighted by Gasteiger charge is 2.03. The summed E-state index contributed by atoms with van der Waals surface area (Å²) < 4.78 is 1.68. The zero-order chi connectivity index (χ0) is 14.3. The van der Waals surface area contributed by atoms with Crippen LogP contribution in [0.2, 0.25) is 5.02 Å². The van der Waals surface area contributed by atoms with Crippen LogP contribution >= 0.6 is 23.4 Å². The predicted octanol–water partition coefficient (Wildman–Crippen LogP) is 4.28. The third-order valence-corrected chi connectivity index (χ3v) is 4.11. The maximum atomic E-state index is 9.13. The zero-order valence-electron chi connectivity index (χ0n) is 11.4. The van der Waals surface area contributed by atoms with Crippen LogP contribution in [0.3, 0.4) is 0 Å². The molecule has 0 aliphatic carbocycles. The van der Waals surface area contributed by atoms with E-state index in [2.05, 4.69) is 11.9 Å². The van der Waals surface area contributed by atoms with E-state index in [1.54, 1.807) is 23.4 Å². The largest absolute Gasteiger partial charge is 0.493 e. The van der Waals surface area contributed by atoms with E-state index in [1.807, 2.05) is 31.2 Å². The molecule has 5 heteroatoms. The molecule has 2 aromatic rings. The highest BCUT2D eigenvalue weighted by Crippen LogP contribution is 2.20. The second-order valence-corrected chi connectivity index (χ2v) is 5.52. The van der Waals surface area contributed by atoms with Gasteiger partial charge in [0.25, 0.3) is 0 Å². The van der Waals surface area contributed by atoms with Crippen LogP contribution in [0.1, 0.15) is 18.9 Å². The monoisotopic (exact) mass is 298 g/mol. The normalized spacial score (nSPS) is 9.89. The molecule has 19 heavy (non-hydrogen) atoms. The molecule has 0 fully saturated rings. The van der Waals surface area contributed by atoms with Gasteiger partial charge in [0.05, 0.1) is 6.20 Å². The van der Waals surface area contributed by atoms with E-state index >= 15 is 0 Å². The van der Waals surface area contributed by atoms with Gasteiger partial charge in [-0.1, -0.05) is 48.5 Å². The van der Waals surface area contributed by atoms with E-state index in [0.29, 0.717) is 0 Å². The number of benzene rings is 1. The van der Waals surface area contributed by atoms with Gasteiger partial charge >= 0.3 is 0 Å². The number of aromatic nitrogens is 2. The molecular weight excluding hydrogens is 280 g/mol. The van der Waals surface area contributed by atoms with Crippen molar-refractivity contribution < 1.29 is 5.11 Å². The van der Waals surface area contributed by atoms with Gasteiger partial charge < -0.3 is 5.11 Å². The van der Waals surface area contributed by atoms with Gasteiger partial charge in [0.15, 0.2) is 5.16 Å². The molecule has 2 rings (SSSR count). The summed E-state index contributed by atoms with van der Waals surface area (Å²) in [7, 11) is 1.81. The van der Waals surface area contributed by atoms with Gasteiger partial charge in [-0.15, -0.1) is 0 Å². The van der Waals surface area contributed by atoms with E-state index in [9.17, 15) is 0 Å². The molecule has 0 bridgehead atoms. The molecule has 0 radical (unpaired) electrons. The minimum Gasteiger partial charge on any atom is -0.493 e. The van der Waals surface area contributed by atoms with Crippen molar-refractivity contribution in [3.8, 4) is 5.88 Å². The van der Waals surface area contributed by atoms with Gasteiger partial charge in [0, 0.05) is 17.8 Å². The highest BCUT2D eigenvalue weighted by molar-refractivity contribution is 7.99. The average molecular weight is 299 g/mol. The first-order valence-corrected chi connectivity index (χ1v) is 7.47. The van der Waals surface area contributed by atoms with Crippen molar-refractivity contribution in [1.29, 1.82) is 0 Å². The van der Waals surface area contributed by atoms with Crippen LogP contribution in [-0.2, 0) is 7.05 Å². The van der Waals surface area contributed by atoms with Crippen molar-refractivity contribution in [2.45, 2.75) is 25.4 Å². The van der Waals surface area contributed by atoms with E-state index in [4.69, 9.17) is 16.7 Å². The number of halogens is 1. The van der Waals surface area contributed by atoms with Gasteiger partial charge in [0.1, 0.15) is 0 Å². The molecule has 3 nitrogen and oxygen atoms in total. The fourth-order valence-corrected chi connectivity index (χ4v) is 2.20. The summed E-state index contributed by atoms with van der Waals surface area (Å²) in [5.74, 6) is 1.27. The van der Waals surface area contributed by atoms with Crippen molar-refractivity contribution in [2.24, 2.45) is 7.05 Å². The fourth-order valence-electron chi connectivity index (χ4n) is 1.26. The first kappa shape index (κ1) is 15.9. The summed E-state index contributed by atoms with van der Waals surface area (Å²) in [6.07, 6.45) is 2.59. The van der Waals surface area contributed by atoms with Gasteiger partial charge in [-0.3, -0.25) is 4.57 Å². The first-order valence-electron chi connectivity index (χ1n) is 6.10. The van der Waals surface area contributed by atoms with E-state index in [0.717, 1.165) is 27.9 Å². The molecule has 1 aromatic carbocycles. The molecule has 1 aromatic heterocycles. The fraction of sp³-hybridized carbons (Fsp3) is 0.357. The topological polar surface area (TPSA) is 38.1 Å². The number of aryl methyl sites for hydroxylation is 1. The second kappa shape index (κ2) is 8.12. The van der Waals surface area contributed by atoms with Crippen LogP contribution < -0.4 is 0 Å². The summed E-state index contributed by atoms with van der Waals surface area (Å²) in [5, 5.41) is 10.8. The Morgan fingerprint density at radius 1 is 1.37 bits per heavy atom. The number of imidazole rings is 1. The van der Waals surface area contributed by atoms with Crippen molar-refractivity contribution >= 4 is 23.4 Å². The van der Waals surface area contributed by atoms with Crippen LogP contribution in [0.15, 0.2) is 35.6 Å². The molecule has 0 saturated heterocycles. The standard InChI is InChI=1S/C7H7Cl.C7H12N2OS/c1-6-4-2-3-5-7(6)8;1-3-4-11-7-8-5-6(10)9(7)2/h2-5H,1H3;5,10H,3-4H2,1-2H3. The molecule has 0 aliphatic heterocycles. The number of nitrogens with zero attached hydrogens (tertiary/aromatic N) is 2. The molecular formula is C14H19ClN2OS. The lowest BCUT2D eigenvalue weighted by atomic mass is 10.2. The van der Waals surface area contributed by atoms with E-state index in [-0.39, 0.29) is 5.88 Å². The Morgan fingerprint density at radius 3 is 2.47 bits per heavy atom. The average Bonchev–Trinajstić information content (AvgIpc) is 2.72. The minimum atomic E-state index is 0.226. The van der Waals surface area contributed by atoms with Crippen molar-refractivity contribution in [1.82, 2.24) is 9.55 Å². The van der Waals surface area contributed by atoms with Crippen LogP contribution in [0.25, 0.3) is 0 Å². The summed E-state index contributed by atoms with van der Waals surface area (Å²) in [4.78, 5) is 4.03. The lowest BCUT2D eigenvalue weighted by Gasteiger charge is -1.99. The lowest BCUT2D eigenvalue weighted by Crippen LogP contribution is -1.90. The SMILES string of the molecule is CCCSc1ncc(O)n1C.Cc1ccccc1Cl. The maximum absolute atomic E-state index is 9.13. The van der Waals surface area contributed by atoms with Crippen LogP contribution in [-0.4, -0.2) is 20.4 Å². The highest BCUT2D eigenvalue weighted by atomic mass is 35.5. The summed E-state index contributed by atoms with van der Waals surface area (Å²) in [5.41, 5.74) is 1.13. The van der Waals surface area contributed by atoms with E-state index < -0.39 is 0 Å². The Balaban J connectivity index is 0.000000200. The molecule has 0 amide bonds. The van der Waals surface area contributed by atoms with Crippen LogP contribution in [0, 0.1) is 6.92 Å². The number of rotatable bonds is 3. The minimum absolute atomic E-state index is 0.226. The van der Waals surface area contributed by atoms with Gasteiger partial charge in [-0.2, -0.15) is 0 Å². The molecule has 1 N–H and O–H groups in total. The van der Waals surface area contributed by atoms with Crippen molar-refractivity contribution in [3.05, 3.63) is 41.0 Å². The Labute approximate surface area is 123 Å². The lowest BCUT2D eigenvalue weighted by molar-refractivity contribution is 0.425. The molecule has 0 spiro atoms. The molecule has 0 unspecified atom stereocenters. The Kier molecular flexibility index (Phi) is 6.81. The maximum Gasteiger partial charge on any atom is 0.211 e. The molecule has 1 heterocycles. The van der Waals surface area contributed by atoms with Crippen molar-refractivity contribution in [2.75, 3.05) is 5.75 Å². The summed E-state index contributed by atoms with van der Waals surface area (Å²) >= 11 is 7.37. The van der Waals surface area contributed by atoms with Gasteiger partial charge in [-0.25, -0.2) is 4.98 Å². The Bertz CT molecular complexity index is 493. The third kappa shape index (κ3) is 5.17. The number of hydrogen-bond donors (Lipinski definition) is 1. The zero-order valence-corrected chi connectivity index (χ0v) is 13.0. The quantitative estimate of drug-likeness (QED) is 0.860. The van der Waals surface area contributed by atoms with E-state index in [1.165, 1.54) is 6.20 Å². The molecule has 0 saturated carbocycles. The third-order valence-electron chi connectivity index (χ3n) is 2.43. The Hall–Kier alpha value is -1.13. The van der Waals surface area contributed by atoms with Gasteiger partial charge in [-0.05, 0) is 25.0 Å². The first-order chi connectivity index (χ1) is 9.06. The number of aromatic hydroxyl groups is 1. The second-order valence-electron chi connectivity index (χ2n) is 4.06. The summed E-state index contributed by atoms with van der Waals surface area (Å²) in [6.45, 7) is 4.11.